The molecule has 138 valence electrons. The van der Waals surface area contributed by atoms with Crippen LogP contribution in [-0.2, 0) is 14.3 Å². The minimum absolute atomic E-state index is 0.0130. The third-order valence-electron chi connectivity index (χ3n) is 6.45. The van der Waals surface area contributed by atoms with Crippen molar-refractivity contribution < 1.29 is 14.3 Å². The second-order valence-corrected chi connectivity index (χ2v) is 8.40. The third-order valence-corrected chi connectivity index (χ3v) is 6.45. The monoisotopic (exact) mass is 346 g/mol. The summed E-state index contributed by atoms with van der Waals surface area (Å²) >= 11 is 0. The Labute approximate surface area is 149 Å². The molecule has 0 aromatic carbocycles. The molecule has 0 radical (unpaired) electrons. The van der Waals surface area contributed by atoms with E-state index in [-0.39, 0.29) is 23.8 Å². The molecule has 4 fully saturated rings. The molecule has 0 bridgehead atoms. The topological polar surface area (TPSA) is 72.6 Å². The predicted octanol–water partition coefficient (Wildman–Crippen LogP) is 2.25. The van der Waals surface area contributed by atoms with Crippen LogP contribution in [0.4, 0.5) is 0 Å². The first-order chi connectivity index (χ1) is 12.1. The molecule has 5 nitrogen and oxygen atoms in total. The number of allylic oxidation sites excluding steroid dienone is 1. The summed E-state index contributed by atoms with van der Waals surface area (Å²) in [5.41, 5.74) is 6.92. The molecule has 4 rings (SSSR count). The van der Waals surface area contributed by atoms with Crippen molar-refractivity contribution in [3.8, 4) is 0 Å². The average molecular weight is 346 g/mol. The van der Waals surface area contributed by atoms with Crippen molar-refractivity contribution in [3.63, 3.8) is 0 Å². The van der Waals surface area contributed by atoms with Gasteiger partial charge in [-0.1, -0.05) is 5.57 Å². The Morgan fingerprint density at radius 1 is 1.00 bits per heavy atom. The molecular weight excluding hydrogens is 316 g/mol. The first-order valence-corrected chi connectivity index (χ1v) is 10.0. The molecule has 0 aromatic heterocycles. The summed E-state index contributed by atoms with van der Waals surface area (Å²) in [7, 11) is 0. The smallest absolute Gasteiger partial charge is 0.246 e. The molecule has 4 aliphatic rings. The Morgan fingerprint density at radius 2 is 1.64 bits per heavy atom. The minimum Gasteiger partial charge on any atom is -0.377 e. The van der Waals surface area contributed by atoms with Crippen LogP contribution in [0.1, 0.15) is 51.4 Å². The van der Waals surface area contributed by atoms with E-state index in [4.69, 9.17) is 10.5 Å². The Hall–Kier alpha value is -1.36. The molecular formula is C20H30N2O3. The van der Waals surface area contributed by atoms with Gasteiger partial charge in [-0.25, -0.2) is 0 Å². The van der Waals surface area contributed by atoms with Gasteiger partial charge in [-0.05, 0) is 69.1 Å². The van der Waals surface area contributed by atoms with Gasteiger partial charge < -0.3 is 15.4 Å². The standard InChI is InChI=1S/C20H30N2O3/c21-20(24)16-7-10-25-18(16)11-13-5-8-22(9-6-13)19(23)12-17(14-1-2-14)15-3-4-15/h12-16,18H,1-11H2,(H2,21,24)/t16-,18-/m1/s1. The molecule has 0 unspecified atom stereocenters. The van der Waals surface area contributed by atoms with Crippen LogP contribution in [0.5, 0.6) is 0 Å². The summed E-state index contributed by atoms with van der Waals surface area (Å²) in [4.78, 5) is 26.1. The van der Waals surface area contributed by atoms with Gasteiger partial charge >= 0.3 is 0 Å². The Kier molecular flexibility index (Phi) is 4.85. The lowest BCUT2D eigenvalue weighted by Crippen LogP contribution is -2.39. The molecule has 2 amide bonds. The number of likely N-dealkylation sites (tertiary alicyclic amines) is 1. The minimum atomic E-state index is -0.229. The maximum absolute atomic E-state index is 12.6. The number of primary amides is 1. The van der Waals surface area contributed by atoms with E-state index in [9.17, 15) is 9.59 Å². The highest BCUT2D eigenvalue weighted by Crippen LogP contribution is 2.48. The number of ether oxygens (including phenoxy) is 1. The second-order valence-electron chi connectivity index (χ2n) is 8.40. The zero-order chi connectivity index (χ0) is 17.4. The number of nitrogens with two attached hydrogens (primary N) is 1. The quantitative estimate of drug-likeness (QED) is 0.750. The molecule has 2 heterocycles. The van der Waals surface area contributed by atoms with Crippen molar-refractivity contribution in [2.45, 2.75) is 57.5 Å². The number of hydrogen-bond acceptors (Lipinski definition) is 3. The second kappa shape index (κ2) is 7.10. The van der Waals surface area contributed by atoms with E-state index in [1.165, 1.54) is 31.3 Å². The number of carbonyl (C=O) groups excluding carboxylic acids is 2. The van der Waals surface area contributed by atoms with Gasteiger partial charge in [0.25, 0.3) is 0 Å². The van der Waals surface area contributed by atoms with E-state index in [0.29, 0.717) is 24.4 Å². The fourth-order valence-electron chi connectivity index (χ4n) is 4.56. The number of carbonyl (C=O) groups is 2. The largest absolute Gasteiger partial charge is 0.377 e. The molecule has 2 saturated heterocycles. The summed E-state index contributed by atoms with van der Waals surface area (Å²) in [6.07, 6.45) is 10.7. The van der Waals surface area contributed by atoms with Crippen molar-refractivity contribution in [3.05, 3.63) is 11.6 Å². The average Bonchev–Trinajstić information content (AvgIpc) is 3.52. The van der Waals surface area contributed by atoms with Crippen molar-refractivity contribution >= 4 is 11.8 Å². The van der Waals surface area contributed by atoms with E-state index in [1.807, 2.05) is 11.0 Å². The molecule has 0 aromatic rings. The Balaban J connectivity index is 1.27. The number of amides is 2. The molecule has 0 spiro atoms. The lowest BCUT2D eigenvalue weighted by Gasteiger charge is -2.33. The van der Waals surface area contributed by atoms with Crippen LogP contribution < -0.4 is 5.73 Å². The number of hydrogen-bond donors (Lipinski definition) is 1. The van der Waals surface area contributed by atoms with Crippen molar-refractivity contribution in [2.24, 2.45) is 29.4 Å². The molecule has 25 heavy (non-hydrogen) atoms. The van der Waals surface area contributed by atoms with Crippen molar-refractivity contribution in [2.75, 3.05) is 19.7 Å². The Bertz CT molecular complexity index is 543. The summed E-state index contributed by atoms with van der Waals surface area (Å²) in [6, 6.07) is 0. The molecule has 2 atom stereocenters. The number of rotatable bonds is 6. The molecule has 5 heteroatoms. The highest BCUT2D eigenvalue weighted by molar-refractivity contribution is 5.88. The molecule has 2 N–H and O–H groups in total. The van der Waals surface area contributed by atoms with E-state index in [1.54, 1.807) is 0 Å². The van der Waals surface area contributed by atoms with Crippen molar-refractivity contribution in [1.29, 1.82) is 0 Å². The van der Waals surface area contributed by atoms with Crippen LogP contribution in [0.3, 0.4) is 0 Å². The van der Waals surface area contributed by atoms with Gasteiger partial charge in [-0.3, -0.25) is 9.59 Å². The van der Waals surface area contributed by atoms with Gasteiger partial charge in [0.05, 0.1) is 12.0 Å². The Morgan fingerprint density at radius 3 is 2.20 bits per heavy atom. The van der Waals surface area contributed by atoms with Crippen LogP contribution in [0.2, 0.25) is 0 Å². The SMILES string of the molecule is NC(=O)[C@@H]1CCO[C@@H]1CC1CCN(C(=O)C=C(C2CC2)C2CC2)CC1. The maximum atomic E-state index is 12.6. The van der Waals surface area contributed by atoms with Gasteiger partial charge in [-0.2, -0.15) is 0 Å². The summed E-state index contributed by atoms with van der Waals surface area (Å²) < 4.78 is 5.73. The number of nitrogens with zero attached hydrogens (tertiary/aromatic N) is 1. The summed E-state index contributed by atoms with van der Waals surface area (Å²) in [5.74, 6) is 1.82. The fraction of sp³-hybridized carbons (Fsp3) is 0.800. The van der Waals surface area contributed by atoms with Crippen LogP contribution >= 0.6 is 0 Å². The zero-order valence-corrected chi connectivity index (χ0v) is 15.0. The molecule has 2 aliphatic carbocycles. The number of piperidine rings is 1. The molecule has 2 saturated carbocycles. The van der Waals surface area contributed by atoms with E-state index >= 15 is 0 Å². The fourth-order valence-corrected chi connectivity index (χ4v) is 4.56. The van der Waals surface area contributed by atoms with E-state index in [0.717, 1.165) is 38.8 Å². The molecule has 2 aliphatic heterocycles. The van der Waals surface area contributed by atoms with Crippen molar-refractivity contribution in [1.82, 2.24) is 4.90 Å². The summed E-state index contributed by atoms with van der Waals surface area (Å²) in [6.45, 7) is 2.30. The first-order valence-electron chi connectivity index (χ1n) is 10.0. The summed E-state index contributed by atoms with van der Waals surface area (Å²) in [5, 5.41) is 0. The van der Waals surface area contributed by atoms with Gasteiger partial charge in [-0.15, -0.1) is 0 Å². The highest BCUT2D eigenvalue weighted by Gasteiger charge is 2.38. The van der Waals surface area contributed by atoms with Gasteiger partial charge in [0, 0.05) is 25.8 Å². The van der Waals surface area contributed by atoms with Crippen LogP contribution in [-0.4, -0.2) is 42.5 Å². The zero-order valence-electron chi connectivity index (χ0n) is 15.0. The predicted molar refractivity (Wildman–Crippen MR) is 94.5 cm³/mol. The lowest BCUT2D eigenvalue weighted by molar-refractivity contribution is -0.127. The van der Waals surface area contributed by atoms with Gasteiger partial charge in [0.15, 0.2) is 0 Å². The first kappa shape index (κ1) is 17.1. The van der Waals surface area contributed by atoms with Gasteiger partial charge in [0.1, 0.15) is 0 Å². The maximum Gasteiger partial charge on any atom is 0.246 e. The van der Waals surface area contributed by atoms with Crippen LogP contribution in [0, 0.1) is 23.7 Å². The van der Waals surface area contributed by atoms with E-state index in [2.05, 4.69) is 0 Å². The van der Waals surface area contributed by atoms with E-state index < -0.39 is 0 Å². The van der Waals surface area contributed by atoms with Crippen LogP contribution in [0.15, 0.2) is 11.6 Å². The highest BCUT2D eigenvalue weighted by atomic mass is 16.5. The lowest BCUT2D eigenvalue weighted by atomic mass is 9.86. The normalized spacial score (nSPS) is 30.3. The third kappa shape index (κ3) is 4.08. The van der Waals surface area contributed by atoms with Crippen LogP contribution in [0.25, 0.3) is 0 Å². The van der Waals surface area contributed by atoms with Gasteiger partial charge in [0.2, 0.25) is 11.8 Å².